The SMILES string of the molecule is COc1cc2c(cc1CN1CCC3(C1)Cn1c(n[nH]c1=O)CO3)CCC2. The molecule has 1 atom stereocenters. The van der Waals surface area contributed by atoms with Crippen molar-refractivity contribution < 1.29 is 9.47 Å². The predicted molar refractivity (Wildman–Crippen MR) is 95.3 cm³/mol. The molecule has 7 heteroatoms. The number of hydrogen-bond donors (Lipinski definition) is 1. The lowest BCUT2D eigenvalue weighted by Crippen LogP contribution is -2.46. The van der Waals surface area contributed by atoms with Crippen LogP contribution in [0.15, 0.2) is 16.9 Å². The van der Waals surface area contributed by atoms with E-state index in [2.05, 4.69) is 27.2 Å². The molecule has 1 N–H and O–H groups in total. The summed E-state index contributed by atoms with van der Waals surface area (Å²) >= 11 is 0. The summed E-state index contributed by atoms with van der Waals surface area (Å²) in [5.41, 5.74) is 3.73. The van der Waals surface area contributed by atoms with Crippen LogP contribution in [-0.2, 0) is 37.3 Å². The molecule has 0 amide bonds. The van der Waals surface area contributed by atoms with Gasteiger partial charge in [-0.15, -0.1) is 0 Å². The van der Waals surface area contributed by atoms with Gasteiger partial charge in [0.15, 0.2) is 5.82 Å². The largest absolute Gasteiger partial charge is 0.496 e. The van der Waals surface area contributed by atoms with Gasteiger partial charge in [-0.3, -0.25) is 9.47 Å². The Labute approximate surface area is 151 Å². The molecule has 2 aliphatic heterocycles. The van der Waals surface area contributed by atoms with Crippen molar-refractivity contribution in [1.82, 2.24) is 19.7 Å². The van der Waals surface area contributed by atoms with Crippen LogP contribution in [0.2, 0.25) is 0 Å². The van der Waals surface area contributed by atoms with E-state index in [0.29, 0.717) is 19.0 Å². The summed E-state index contributed by atoms with van der Waals surface area (Å²) in [6, 6.07) is 4.55. The van der Waals surface area contributed by atoms with E-state index >= 15 is 0 Å². The van der Waals surface area contributed by atoms with Gasteiger partial charge >= 0.3 is 5.69 Å². The molecule has 0 saturated carbocycles. The maximum Gasteiger partial charge on any atom is 0.343 e. The van der Waals surface area contributed by atoms with Crippen LogP contribution >= 0.6 is 0 Å². The fourth-order valence-corrected chi connectivity index (χ4v) is 4.69. The Morgan fingerprint density at radius 2 is 2.15 bits per heavy atom. The van der Waals surface area contributed by atoms with Gasteiger partial charge in [-0.25, -0.2) is 9.89 Å². The van der Waals surface area contributed by atoms with Crippen LogP contribution in [0.4, 0.5) is 0 Å². The highest BCUT2D eigenvalue weighted by Gasteiger charge is 2.43. The third kappa shape index (κ3) is 2.57. The second-order valence-electron chi connectivity index (χ2n) is 7.75. The number of likely N-dealkylation sites (tertiary alicyclic amines) is 1. The molecule has 1 fully saturated rings. The Hall–Kier alpha value is -2.12. The number of fused-ring (bicyclic) bond motifs is 2. The number of H-pyrrole nitrogens is 1. The molecule has 1 unspecified atom stereocenters. The molecule has 1 saturated heterocycles. The maximum absolute atomic E-state index is 11.9. The van der Waals surface area contributed by atoms with Crippen LogP contribution in [0.1, 0.15) is 35.4 Å². The van der Waals surface area contributed by atoms with E-state index in [0.717, 1.165) is 38.2 Å². The molecular formula is C19H24N4O3. The second kappa shape index (κ2) is 5.96. The number of rotatable bonds is 3. The summed E-state index contributed by atoms with van der Waals surface area (Å²) in [6.07, 6.45) is 4.50. The number of hydrogen-bond acceptors (Lipinski definition) is 5. The number of methoxy groups -OCH3 is 1. The quantitative estimate of drug-likeness (QED) is 0.896. The molecule has 1 aromatic heterocycles. The fourth-order valence-electron chi connectivity index (χ4n) is 4.69. The molecule has 1 spiro atoms. The summed E-state index contributed by atoms with van der Waals surface area (Å²) in [5, 5.41) is 6.55. The first-order valence-electron chi connectivity index (χ1n) is 9.35. The standard InChI is InChI=1S/C19H24N4O3/c1-25-16-8-14-4-2-3-13(14)7-15(16)9-22-6-5-19(11-22)12-23-17(10-26-19)20-21-18(23)24/h7-8H,2-6,9-12H2,1H3,(H,21,24). The molecule has 26 heavy (non-hydrogen) atoms. The van der Waals surface area contributed by atoms with E-state index in [-0.39, 0.29) is 11.3 Å². The van der Waals surface area contributed by atoms with Crippen molar-refractivity contribution in [2.45, 2.75) is 51.0 Å². The molecule has 1 aromatic carbocycles. The average Bonchev–Trinajstić information content (AvgIpc) is 3.35. The maximum atomic E-state index is 11.9. The minimum absolute atomic E-state index is 0.138. The van der Waals surface area contributed by atoms with Gasteiger partial charge in [0.25, 0.3) is 0 Å². The summed E-state index contributed by atoms with van der Waals surface area (Å²) < 4.78 is 13.5. The van der Waals surface area contributed by atoms with Crippen LogP contribution in [0, 0.1) is 0 Å². The normalized spacial score (nSPS) is 24.8. The Balaban J connectivity index is 1.35. The Morgan fingerprint density at radius 1 is 1.31 bits per heavy atom. The number of nitrogens with one attached hydrogen (secondary N) is 1. The molecule has 0 radical (unpaired) electrons. The summed E-state index contributed by atoms with van der Waals surface area (Å²) in [6.45, 7) is 3.62. The first-order chi connectivity index (χ1) is 12.7. The third-order valence-corrected chi connectivity index (χ3v) is 6.08. The molecule has 3 aliphatic rings. The highest BCUT2D eigenvalue weighted by molar-refractivity contribution is 5.44. The number of aryl methyl sites for hydroxylation is 2. The van der Waals surface area contributed by atoms with Crippen molar-refractivity contribution in [3.8, 4) is 5.75 Å². The fraction of sp³-hybridized carbons (Fsp3) is 0.579. The van der Waals surface area contributed by atoms with Crippen molar-refractivity contribution in [2.75, 3.05) is 20.2 Å². The van der Waals surface area contributed by atoms with Crippen molar-refractivity contribution in [3.05, 3.63) is 45.1 Å². The molecule has 138 valence electrons. The van der Waals surface area contributed by atoms with Gasteiger partial charge in [-0.1, -0.05) is 6.07 Å². The topological polar surface area (TPSA) is 72.4 Å². The number of aromatic amines is 1. The Morgan fingerprint density at radius 3 is 3.00 bits per heavy atom. The summed E-state index contributed by atoms with van der Waals surface area (Å²) in [7, 11) is 1.75. The average molecular weight is 356 g/mol. The van der Waals surface area contributed by atoms with Crippen molar-refractivity contribution in [3.63, 3.8) is 0 Å². The lowest BCUT2D eigenvalue weighted by molar-refractivity contribution is -0.0832. The van der Waals surface area contributed by atoms with Crippen LogP contribution in [0.25, 0.3) is 0 Å². The van der Waals surface area contributed by atoms with Crippen molar-refractivity contribution in [2.24, 2.45) is 0 Å². The second-order valence-corrected chi connectivity index (χ2v) is 7.75. The Kier molecular flexibility index (Phi) is 3.68. The first-order valence-corrected chi connectivity index (χ1v) is 9.35. The minimum atomic E-state index is -0.287. The zero-order valence-electron chi connectivity index (χ0n) is 15.1. The minimum Gasteiger partial charge on any atom is -0.496 e. The van der Waals surface area contributed by atoms with E-state index in [1.165, 1.54) is 29.5 Å². The predicted octanol–water partition coefficient (Wildman–Crippen LogP) is 1.24. The van der Waals surface area contributed by atoms with Gasteiger partial charge < -0.3 is 9.47 Å². The van der Waals surface area contributed by atoms with Crippen molar-refractivity contribution >= 4 is 0 Å². The highest BCUT2D eigenvalue weighted by Crippen LogP contribution is 2.35. The smallest absolute Gasteiger partial charge is 0.343 e. The zero-order chi connectivity index (χ0) is 17.7. The van der Waals surface area contributed by atoms with Gasteiger partial charge in [0, 0.05) is 25.2 Å². The van der Waals surface area contributed by atoms with Crippen LogP contribution < -0.4 is 10.4 Å². The van der Waals surface area contributed by atoms with Crippen molar-refractivity contribution in [1.29, 1.82) is 0 Å². The molecule has 3 heterocycles. The monoisotopic (exact) mass is 356 g/mol. The zero-order valence-corrected chi connectivity index (χ0v) is 15.1. The number of aromatic nitrogens is 3. The van der Waals surface area contributed by atoms with Crippen LogP contribution in [0.3, 0.4) is 0 Å². The van der Waals surface area contributed by atoms with Gasteiger partial charge in [-0.2, -0.15) is 5.10 Å². The van der Waals surface area contributed by atoms with Gasteiger partial charge in [-0.05, 0) is 42.9 Å². The van der Waals surface area contributed by atoms with E-state index < -0.39 is 0 Å². The number of nitrogens with zero attached hydrogens (tertiary/aromatic N) is 3. The molecular weight excluding hydrogens is 332 g/mol. The summed E-state index contributed by atoms with van der Waals surface area (Å²) in [5.74, 6) is 1.68. The van der Waals surface area contributed by atoms with Gasteiger partial charge in [0.2, 0.25) is 0 Å². The highest BCUT2D eigenvalue weighted by atomic mass is 16.5. The van der Waals surface area contributed by atoms with Gasteiger partial charge in [0.05, 0.1) is 13.7 Å². The molecule has 1 aliphatic carbocycles. The van der Waals surface area contributed by atoms with Crippen LogP contribution in [0.5, 0.6) is 5.75 Å². The third-order valence-electron chi connectivity index (χ3n) is 6.08. The lowest BCUT2D eigenvalue weighted by Gasteiger charge is -2.33. The first kappa shape index (κ1) is 16.1. The summed E-state index contributed by atoms with van der Waals surface area (Å²) in [4.78, 5) is 14.3. The lowest BCUT2D eigenvalue weighted by atomic mass is 10.0. The van der Waals surface area contributed by atoms with E-state index in [1.54, 1.807) is 11.7 Å². The van der Waals surface area contributed by atoms with Gasteiger partial charge in [0.1, 0.15) is 18.0 Å². The van der Waals surface area contributed by atoms with Crippen LogP contribution in [-0.4, -0.2) is 45.5 Å². The molecule has 2 aromatic rings. The van der Waals surface area contributed by atoms with E-state index in [4.69, 9.17) is 9.47 Å². The number of ether oxygens (including phenoxy) is 2. The van der Waals surface area contributed by atoms with E-state index in [1.807, 2.05) is 0 Å². The molecule has 7 nitrogen and oxygen atoms in total. The molecule has 0 bridgehead atoms. The molecule has 5 rings (SSSR count). The Bertz CT molecular complexity index is 903. The number of benzene rings is 1. The van der Waals surface area contributed by atoms with E-state index in [9.17, 15) is 4.79 Å².